The van der Waals surface area contributed by atoms with Gasteiger partial charge in [0.15, 0.2) is 0 Å². The lowest BCUT2D eigenvalue weighted by Gasteiger charge is -2.12. The van der Waals surface area contributed by atoms with E-state index in [1.165, 1.54) is 6.07 Å². The average molecular weight is 495 g/mol. The maximum atomic E-state index is 13.9. The Kier molecular flexibility index (Phi) is 6.37. The first-order valence-corrected chi connectivity index (χ1v) is 10.8. The average Bonchev–Trinajstić information content (AvgIpc) is 3.03. The molecule has 162 valence electrons. The second-order valence-electron chi connectivity index (χ2n) is 7.43. The van der Waals surface area contributed by atoms with Gasteiger partial charge in [-0.1, -0.05) is 64.0 Å². The summed E-state index contributed by atoms with van der Waals surface area (Å²) < 4.78 is 20.5. The fourth-order valence-corrected chi connectivity index (χ4v) is 3.66. The molecule has 0 unspecified atom stereocenters. The number of rotatable bonds is 6. The molecule has 5 nitrogen and oxygen atoms in total. The molecule has 32 heavy (non-hydrogen) atoms. The molecule has 0 atom stereocenters. The molecule has 1 saturated heterocycles. The molecule has 0 radical (unpaired) electrons. The van der Waals surface area contributed by atoms with Crippen molar-refractivity contribution >= 4 is 33.9 Å². The van der Waals surface area contributed by atoms with Crippen LogP contribution in [0.25, 0.3) is 6.08 Å². The SMILES string of the molecule is Cc1ccc(CN2C(=O)N/C(=C/c3cc(Br)ccc3OCc3ccccc3F)C2=O)cc1. The third-order valence-corrected chi connectivity index (χ3v) is 5.53. The number of amides is 3. The number of nitrogens with one attached hydrogen (secondary N) is 1. The first-order chi connectivity index (χ1) is 15.4. The van der Waals surface area contributed by atoms with Crippen LogP contribution in [-0.4, -0.2) is 16.8 Å². The first kappa shape index (κ1) is 21.8. The summed E-state index contributed by atoms with van der Waals surface area (Å²) in [7, 11) is 0. The Hall–Kier alpha value is -3.45. The van der Waals surface area contributed by atoms with E-state index in [1.807, 2.05) is 31.2 Å². The van der Waals surface area contributed by atoms with Crippen molar-refractivity contribution in [3.63, 3.8) is 0 Å². The highest BCUT2D eigenvalue weighted by Gasteiger charge is 2.33. The topological polar surface area (TPSA) is 58.6 Å². The van der Waals surface area contributed by atoms with Crippen LogP contribution in [0.2, 0.25) is 0 Å². The number of imide groups is 1. The van der Waals surface area contributed by atoms with Crippen LogP contribution in [0.4, 0.5) is 9.18 Å². The van der Waals surface area contributed by atoms with E-state index in [1.54, 1.807) is 42.5 Å². The van der Waals surface area contributed by atoms with Crippen molar-refractivity contribution in [3.8, 4) is 5.75 Å². The molecule has 7 heteroatoms. The smallest absolute Gasteiger partial charge is 0.329 e. The number of hydrogen-bond donors (Lipinski definition) is 1. The van der Waals surface area contributed by atoms with Crippen molar-refractivity contribution in [3.05, 3.63) is 105 Å². The van der Waals surface area contributed by atoms with Gasteiger partial charge < -0.3 is 10.1 Å². The Morgan fingerprint density at radius 1 is 1.06 bits per heavy atom. The van der Waals surface area contributed by atoms with Gasteiger partial charge in [0.25, 0.3) is 5.91 Å². The van der Waals surface area contributed by atoms with Gasteiger partial charge in [0, 0.05) is 15.6 Å². The lowest BCUT2D eigenvalue weighted by molar-refractivity contribution is -0.123. The van der Waals surface area contributed by atoms with Crippen molar-refractivity contribution in [1.82, 2.24) is 10.2 Å². The molecular weight excluding hydrogens is 475 g/mol. The predicted octanol–water partition coefficient (Wildman–Crippen LogP) is 5.57. The van der Waals surface area contributed by atoms with E-state index in [9.17, 15) is 14.0 Å². The van der Waals surface area contributed by atoms with Gasteiger partial charge in [-0.3, -0.25) is 9.69 Å². The minimum absolute atomic E-state index is 0.0321. The summed E-state index contributed by atoms with van der Waals surface area (Å²) in [6, 6.07) is 18.8. The second-order valence-corrected chi connectivity index (χ2v) is 8.34. The quantitative estimate of drug-likeness (QED) is 0.360. The predicted molar refractivity (Wildman–Crippen MR) is 123 cm³/mol. The van der Waals surface area contributed by atoms with E-state index in [2.05, 4.69) is 21.2 Å². The minimum atomic E-state index is -0.481. The highest BCUT2D eigenvalue weighted by molar-refractivity contribution is 9.10. The fraction of sp³-hybridized carbons (Fsp3) is 0.120. The Balaban J connectivity index is 1.55. The molecule has 4 rings (SSSR count). The number of hydrogen-bond acceptors (Lipinski definition) is 3. The standard InChI is InChI=1S/C25H20BrFN2O3/c1-16-6-8-17(9-7-16)14-29-24(30)22(28-25(29)31)13-19-12-20(26)10-11-23(19)32-15-18-4-2-3-5-21(18)27/h2-13H,14-15H2,1H3,(H,28,31)/b22-13+. The van der Waals surface area contributed by atoms with Gasteiger partial charge in [0.1, 0.15) is 23.9 Å². The van der Waals surface area contributed by atoms with Crippen LogP contribution in [0, 0.1) is 12.7 Å². The van der Waals surface area contributed by atoms with Crippen LogP contribution in [0.15, 0.2) is 76.9 Å². The van der Waals surface area contributed by atoms with Crippen LogP contribution < -0.4 is 10.1 Å². The Labute approximate surface area is 193 Å². The molecule has 3 aromatic rings. The largest absolute Gasteiger partial charge is 0.488 e. The minimum Gasteiger partial charge on any atom is -0.488 e. The fourth-order valence-electron chi connectivity index (χ4n) is 3.28. The van der Waals surface area contributed by atoms with Crippen LogP contribution in [-0.2, 0) is 17.9 Å². The number of nitrogens with zero attached hydrogens (tertiary/aromatic N) is 1. The molecule has 1 N–H and O–H groups in total. The zero-order valence-corrected chi connectivity index (χ0v) is 18.9. The van der Waals surface area contributed by atoms with Gasteiger partial charge in [-0.2, -0.15) is 0 Å². The number of ether oxygens (including phenoxy) is 1. The number of halogens is 2. The summed E-state index contributed by atoms with van der Waals surface area (Å²) >= 11 is 3.41. The highest BCUT2D eigenvalue weighted by atomic mass is 79.9. The third kappa shape index (κ3) is 4.89. The monoisotopic (exact) mass is 494 g/mol. The van der Waals surface area contributed by atoms with Crippen molar-refractivity contribution < 1.29 is 18.7 Å². The second kappa shape index (κ2) is 9.36. The lowest BCUT2D eigenvalue weighted by Crippen LogP contribution is -2.30. The summed E-state index contributed by atoms with van der Waals surface area (Å²) in [6.07, 6.45) is 1.57. The van der Waals surface area contributed by atoms with E-state index in [0.717, 1.165) is 20.5 Å². The summed E-state index contributed by atoms with van der Waals surface area (Å²) in [4.78, 5) is 26.5. The lowest BCUT2D eigenvalue weighted by atomic mass is 10.1. The molecule has 1 aliphatic heterocycles. The third-order valence-electron chi connectivity index (χ3n) is 5.04. The van der Waals surface area contributed by atoms with E-state index >= 15 is 0 Å². The molecule has 0 aromatic heterocycles. The molecule has 0 aliphatic carbocycles. The Morgan fingerprint density at radius 3 is 2.56 bits per heavy atom. The molecule has 0 bridgehead atoms. The molecule has 1 aliphatic rings. The van der Waals surface area contributed by atoms with Crippen LogP contribution in [0.3, 0.4) is 0 Å². The molecule has 0 spiro atoms. The number of carbonyl (C=O) groups excluding carboxylic acids is 2. The summed E-state index contributed by atoms with van der Waals surface area (Å²) in [5.41, 5.74) is 3.11. The van der Waals surface area contributed by atoms with E-state index in [0.29, 0.717) is 16.9 Å². The molecule has 3 aromatic carbocycles. The van der Waals surface area contributed by atoms with Crippen molar-refractivity contribution in [2.45, 2.75) is 20.1 Å². The zero-order chi connectivity index (χ0) is 22.7. The molecule has 3 amide bonds. The Morgan fingerprint density at radius 2 is 1.81 bits per heavy atom. The highest BCUT2D eigenvalue weighted by Crippen LogP contribution is 2.28. The Bertz CT molecular complexity index is 1210. The van der Waals surface area contributed by atoms with E-state index < -0.39 is 11.9 Å². The molecule has 1 fully saturated rings. The van der Waals surface area contributed by atoms with E-state index in [4.69, 9.17) is 4.74 Å². The van der Waals surface area contributed by atoms with Crippen molar-refractivity contribution in [2.24, 2.45) is 0 Å². The van der Waals surface area contributed by atoms with Gasteiger partial charge in [0.2, 0.25) is 0 Å². The number of benzene rings is 3. The van der Waals surface area contributed by atoms with Crippen LogP contribution >= 0.6 is 15.9 Å². The number of aryl methyl sites for hydroxylation is 1. The summed E-state index contributed by atoms with van der Waals surface area (Å²) in [6.45, 7) is 2.18. The van der Waals surface area contributed by atoms with Gasteiger partial charge in [-0.05, 0) is 42.8 Å². The van der Waals surface area contributed by atoms with Gasteiger partial charge in [-0.25, -0.2) is 9.18 Å². The maximum absolute atomic E-state index is 13.9. The van der Waals surface area contributed by atoms with Gasteiger partial charge in [-0.15, -0.1) is 0 Å². The number of carbonyl (C=O) groups is 2. The number of urea groups is 1. The van der Waals surface area contributed by atoms with Crippen LogP contribution in [0.5, 0.6) is 5.75 Å². The summed E-state index contributed by atoms with van der Waals surface area (Å²) in [5.74, 6) is -0.312. The summed E-state index contributed by atoms with van der Waals surface area (Å²) in [5, 5.41) is 2.63. The van der Waals surface area contributed by atoms with Crippen LogP contribution in [0.1, 0.15) is 22.3 Å². The maximum Gasteiger partial charge on any atom is 0.329 e. The molecular formula is C25H20BrFN2O3. The van der Waals surface area contributed by atoms with Crippen molar-refractivity contribution in [1.29, 1.82) is 0 Å². The van der Waals surface area contributed by atoms with Gasteiger partial charge >= 0.3 is 6.03 Å². The molecule has 0 saturated carbocycles. The normalized spacial score (nSPS) is 14.7. The first-order valence-electron chi connectivity index (χ1n) is 9.96. The van der Waals surface area contributed by atoms with E-state index in [-0.39, 0.29) is 24.7 Å². The zero-order valence-electron chi connectivity index (χ0n) is 17.3. The molecule has 1 heterocycles. The van der Waals surface area contributed by atoms with Crippen molar-refractivity contribution in [2.75, 3.05) is 0 Å². The van der Waals surface area contributed by atoms with Gasteiger partial charge in [0.05, 0.1) is 6.54 Å².